The van der Waals surface area contributed by atoms with Gasteiger partial charge in [0.1, 0.15) is 23.6 Å². The molecule has 0 aliphatic heterocycles. The van der Waals surface area contributed by atoms with Crippen LogP contribution in [0.1, 0.15) is 52.0 Å². The van der Waals surface area contributed by atoms with Gasteiger partial charge in [0.15, 0.2) is 5.96 Å². The quantitative estimate of drug-likeness (QED) is 0.248. The third kappa shape index (κ3) is 9.10. The first-order valence-electron chi connectivity index (χ1n) is 9.80. The third-order valence-corrected chi connectivity index (χ3v) is 4.36. The third-order valence-electron chi connectivity index (χ3n) is 4.36. The second kappa shape index (κ2) is 12.1. The summed E-state index contributed by atoms with van der Waals surface area (Å²) in [5.74, 6) is 1.78. The average molecular weight is 519 g/mol. The molecule has 8 heteroatoms. The van der Waals surface area contributed by atoms with E-state index in [0.29, 0.717) is 12.5 Å². The van der Waals surface area contributed by atoms with Crippen LogP contribution in [-0.4, -0.2) is 44.3 Å². The zero-order valence-corrected chi connectivity index (χ0v) is 20.4. The van der Waals surface area contributed by atoms with Crippen molar-refractivity contribution in [1.29, 1.82) is 0 Å². The summed E-state index contributed by atoms with van der Waals surface area (Å²) in [5.41, 5.74) is 0.499. The molecule has 1 aliphatic rings. The molecule has 0 aromatic heterocycles. The second-order valence-corrected chi connectivity index (χ2v) is 7.86. The summed E-state index contributed by atoms with van der Waals surface area (Å²) in [7, 11) is 3.31. The number of nitrogens with zero attached hydrogens (tertiary/aromatic N) is 1. The van der Waals surface area contributed by atoms with Crippen molar-refractivity contribution in [3.63, 3.8) is 0 Å². The Labute approximate surface area is 191 Å². The van der Waals surface area contributed by atoms with Crippen molar-refractivity contribution in [3.05, 3.63) is 23.8 Å². The van der Waals surface area contributed by atoms with E-state index in [9.17, 15) is 4.79 Å². The molecule has 0 unspecified atom stereocenters. The Hall–Kier alpha value is -1.71. The summed E-state index contributed by atoms with van der Waals surface area (Å²) in [4.78, 5) is 16.0. The predicted octanol–water partition coefficient (Wildman–Crippen LogP) is 3.64. The fraction of sp³-hybridized carbons (Fsp3) is 0.619. The van der Waals surface area contributed by atoms with Gasteiger partial charge in [-0.15, -0.1) is 24.0 Å². The highest BCUT2D eigenvalue weighted by Gasteiger charge is 2.19. The summed E-state index contributed by atoms with van der Waals surface area (Å²) >= 11 is 0. The summed E-state index contributed by atoms with van der Waals surface area (Å²) in [6.45, 7) is 6.08. The molecule has 2 N–H and O–H groups in total. The van der Waals surface area contributed by atoms with Crippen molar-refractivity contribution in [2.75, 3.05) is 20.7 Å². The maximum Gasteiger partial charge on any atom is 0.325 e. The summed E-state index contributed by atoms with van der Waals surface area (Å²) in [6, 6.07) is 5.82. The van der Waals surface area contributed by atoms with Crippen molar-refractivity contribution in [2.24, 2.45) is 4.99 Å². The van der Waals surface area contributed by atoms with Crippen molar-refractivity contribution >= 4 is 35.9 Å². The number of guanidine groups is 1. The van der Waals surface area contributed by atoms with Crippen molar-refractivity contribution < 1.29 is 19.0 Å². The van der Waals surface area contributed by atoms with Gasteiger partial charge in [-0.25, -0.2) is 0 Å². The van der Waals surface area contributed by atoms with Crippen LogP contribution in [0.15, 0.2) is 23.2 Å². The van der Waals surface area contributed by atoms with Crippen LogP contribution in [0.5, 0.6) is 11.5 Å². The highest BCUT2D eigenvalue weighted by atomic mass is 127. The van der Waals surface area contributed by atoms with Crippen LogP contribution in [0.3, 0.4) is 0 Å². The molecule has 1 aromatic carbocycles. The Kier molecular flexibility index (Phi) is 10.6. The molecule has 0 amide bonds. The van der Waals surface area contributed by atoms with E-state index >= 15 is 0 Å². The van der Waals surface area contributed by atoms with Crippen molar-refractivity contribution in [1.82, 2.24) is 10.6 Å². The van der Waals surface area contributed by atoms with Gasteiger partial charge in [0, 0.05) is 25.2 Å². The smallest absolute Gasteiger partial charge is 0.325 e. The molecule has 1 aliphatic carbocycles. The predicted molar refractivity (Wildman–Crippen MR) is 125 cm³/mol. The Morgan fingerprint density at radius 3 is 2.48 bits per heavy atom. The molecule has 0 spiro atoms. The van der Waals surface area contributed by atoms with Crippen LogP contribution in [0.2, 0.25) is 0 Å². The molecule has 2 rings (SSSR count). The summed E-state index contributed by atoms with van der Waals surface area (Å²) in [5, 5.41) is 6.19. The van der Waals surface area contributed by atoms with Gasteiger partial charge in [-0.1, -0.05) is 0 Å². The van der Waals surface area contributed by atoms with Crippen LogP contribution in [0, 0.1) is 0 Å². The van der Waals surface area contributed by atoms with E-state index in [1.165, 1.54) is 12.8 Å². The van der Waals surface area contributed by atoms with Gasteiger partial charge in [0.2, 0.25) is 0 Å². The van der Waals surface area contributed by atoms with Crippen LogP contribution in [-0.2, 0) is 16.1 Å². The largest absolute Gasteiger partial charge is 0.497 e. The number of esters is 1. The number of carbonyl (C=O) groups excluding carboxylic acids is 1. The van der Waals surface area contributed by atoms with Crippen molar-refractivity contribution in [3.8, 4) is 11.5 Å². The maximum atomic E-state index is 11.9. The topological polar surface area (TPSA) is 81.2 Å². The van der Waals surface area contributed by atoms with Gasteiger partial charge in [-0.05, 0) is 58.6 Å². The Morgan fingerprint density at radius 2 is 1.90 bits per heavy atom. The number of ether oxygens (including phenoxy) is 3. The monoisotopic (exact) mass is 519 g/mol. The highest BCUT2D eigenvalue weighted by molar-refractivity contribution is 14.0. The molecule has 1 fully saturated rings. The standard InChI is InChI=1S/C21H33N3O4.HI/c1-21(2,3)28-19(25)14-24-20(22-4)23-13-15-10-11-17(26-5)12-18(15)27-16-8-6-7-9-16;/h10-12,16H,6-9,13-14H2,1-5H3,(H2,22,23,24);1H. The first-order valence-corrected chi connectivity index (χ1v) is 9.80. The maximum absolute atomic E-state index is 11.9. The van der Waals surface area contributed by atoms with Gasteiger partial charge < -0.3 is 24.8 Å². The fourth-order valence-corrected chi connectivity index (χ4v) is 3.04. The number of aliphatic imine (C=N–C) groups is 1. The number of hydrogen-bond acceptors (Lipinski definition) is 5. The molecule has 7 nitrogen and oxygen atoms in total. The lowest BCUT2D eigenvalue weighted by Crippen LogP contribution is -2.41. The number of methoxy groups -OCH3 is 1. The van der Waals surface area contributed by atoms with Gasteiger partial charge in [-0.2, -0.15) is 0 Å². The molecule has 0 saturated heterocycles. The molecule has 164 valence electrons. The van der Waals surface area contributed by atoms with E-state index < -0.39 is 5.60 Å². The fourth-order valence-electron chi connectivity index (χ4n) is 3.04. The molecule has 1 saturated carbocycles. The Morgan fingerprint density at radius 1 is 1.21 bits per heavy atom. The molecule has 0 bridgehead atoms. The Bertz CT molecular complexity index is 683. The number of nitrogens with one attached hydrogen (secondary N) is 2. The van der Waals surface area contributed by atoms with Gasteiger partial charge in [0.25, 0.3) is 0 Å². The van der Waals surface area contributed by atoms with E-state index in [0.717, 1.165) is 29.9 Å². The zero-order chi connectivity index (χ0) is 20.6. The number of benzene rings is 1. The first-order chi connectivity index (χ1) is 13.3. The zero-order valence-electron chi connectivity index (χ0n) is 18.0. The van der Waals surface area contributed by atoms with E-state index in [1.807, 2.05) is 39.0 Å². The highest BCUT2D eigenvalue weighted by Crippen LogP contribution is 2.29. The molecule has 0 radical (unpaired) electrons. The normalized spacial score (nSPS) is 14.7. The minimum atomic E-state index is -0.509. The number of carbonyl (C=O) groups is 1. The van der Waals surface area contributed by atoms with Gasteiger partial charge in [0.05, 0.1) is 13.2 Å². The van der Waals surface area contributed by atoms with Gasteiger partial charge >= 0.3 is 5.97 Å². The number of halogens is 1. The summed E-state index contributed by atoms with van der Waals surface area (Å²) < 4.78 is 16.8. The molecular formula is C21H34IN3O4. The number of hydrogen-bond donors (Lipinski definition) is 2. The van der Waals surface area contributed by atoms with E-state index in [4.69, 9.17) is 14.2 Å². The molecule has 29 heavy (non-hydrogen) atoms. The summed E-state index contributed by atoms with van der Waals surface area (Å²) in [6.07, 6.45) is 4.86. The van der Waals surface area contributed by atoms with Crippen molar-refractivity contribution in [2.45, 2.75) is 64.7 Å². The lowest BCUT2D eigenvalue weighted by atomic mass is 10.2. The average Bonchev–Trinajstić information content (AvgIpc) is 3.14. The number of rotatable bonds is 7. The lowest BCUT2D eigenvalue weighted by molar-refractivity contribution is -0.153. The molecule has 0 atom stereocenters. The minimum absolute atomic E-state index is 0. The first kappa shape index (κ1) is 25.3. The van der Waals surface area contributed by atoms with E-state index in [2.05, 4.69) is 15.6 Å². The minimum Gasteiger partial charge on any atom is -0.497 e. The lowest BCUT2D eigenvalue weighted by Gasteiger charge is -2.20. The van der Waals surface area contributed by atoms with Crippen LogP contribution in [0.4, 0.5) is 0 Å². The van der Waals surface area contributed by atoms with Crippen LogP contribution < -0.4 is 20.1 Å². The SMILES string of the molecule is CN=C(NCC(=O)OC(C)(C)C)NCc1ccc(OC)cc1OC1CCCC1.I. The van der Waals surface area contributed by atoms with Crippen LogP contribution in [0.25, 0.3) is 0 Å². The van der Waals surface area contributed by atoms with Crippen LogP contribution >= 0.6 is 24.0 Å². The van der Waals surface area contributed by atoms with Gasteiger partial charge in [-0.3, -0.25) is 9.79 Å². The molecular weight excluding hydrogens is 485 g/mol. The molecule has 1 aromatic rings. The second-order valence-electron chi connectivity index (χ2n) is 7.86. The Balaban J connectivity index is 0.00000420. The van der Waals surface area contributed by atoms with E-state index in [1.54, 1.807) is 14.2 Å². The molecule has 0 heterocycles. The van der Waals surface area contributed by atoms with E-state index in [-0.39, 0.29) is 42.6 Å².